The molecule has 0 aliphatic heterocycles. The van der Waals surface area contributed by atoms with Crippen LogP contribution >= 0.6 is 11.6 Å². The van der Waals surface area contributed by atoms with Gasteiger partial charge in [-0.2, -0.15) is 0 Å². The van der Waals surface area contributed by atoms with E-state index in [9.17, 15) is 0 Å². The number of aryl methyl sites for hydroxylation is 1. The largest absolute Gasteiger partial charge is 0.492 e. The molecule has 0 spiro atoms. The first-order valence-electron chi connectivity index (χ1n) is 9.59. The third-order valence-corrected chi connectivity index (χ3v) is 5.07. The average molecular weight is 397 g/mol. The molecular weight excluding hydrogens is 372 g/mol. The standard InChI is InChI=1S/C22H25ClN4O/c1-4-5-9-28-19-12-18(11-16(3)20(19)23)15(2)10-17-13-26-22(27-14-17)21-24-7-6-8-25-21/h6-8,11-15H,4-5,9-10H2,1-3H3. The summed E-state index contributed by atoms with van der Waals surface area (Å²) >= 11 is 6.43. The van der Waals surface area contributed by atoms with Crippen LogP contribution in [0.1, 0.15) is 49.3 Å². The molecule has 0 N–H and O–H groups in total. The minimum absolute atomic E-state index is 0.284. The molecule has 1 aromatic carbocycles. The second-order valence-electron chi connectivity index (χ2n) is 6.94. The van der Waals surface area contributed by atoms with E-state index >= 15 is 0 Å². The molecule has 0 bridgehead atoms. The summed E-state index contributed by atoms with van der Waals surface area (Å²) in [7, 11) is 0. The second-order valence-corrected chi connectivity index (χ2v) is 7.32. The minimum atomic E-state index is 0.284. The fourth-order valence-electron chi connectivity index (χ4n) is 2.94. The van der Waals surface area contributed by atoms with Crippen molar-refractivity contribution in [1.82, 2.24) is 19.9 Å². The Kier molecular flexibility index (Phi) is 6.93. The molecule has 0 saturated heterocycles. The predicted molar refractivity (Wildman–Crippen MR) is 112 cm³/mol. The summed E-state index contributed by atoms with van der Waals surface area (Å²) in [6.45, 7) is 7.03. The number of rotatable bonds is 8. The molecule has 0 fully saturated rings. The molecule has 2 heterocycles. The molecule has 1 unspecified atom stereocenters. The first-order chi connectivity index (χ1) is 13.6. The van der Waals surface area contributed by atoms with Crippen LogP contribution in [0, 0.1) is 6.92 Å². The van der Waals surface area contributed by atoms with E-state index in [1.807, 2.05) is 19.3 Å². The lowest BCUT2D eigenvalue weighted by atomic mass is 9.93. The quantitative estimate of drug-likeness (QED) is 0.475. The lowest BCUT2D eigenvalue weighted by Gasteiger charge is -2.16. The summed E-state index contributed by atoms with van der Waals surface area (Å²) in [5.41, 5.74) is 3.29. The van der Waals surface area contributed by atoms with Gasteiger partial charge in [-0.05, 0) is 54.5 Å². The fraction of sp³-hybridized carbons (Fsp3) is 0.364. The van der Waals surface area contributed by atoms with Crippen molar-refractivity contribution in [3.8, 4) is 17.4 Å². The highest BCUT2D eigenvalue weighted by molar-refractivity contribution is 6.32. The lowest BCUT2D eigenvalue weighted by molar-refractivity contribution is 0.309. The zero-order valence-electron chi connectivity index (χ0n) is 16.5. The summed E-state index contributed by atoms with van der Waals surface area (Å²) in [4.78, 5) is 17.2. The van der Waals surface area contributed by atoms with Gasteiger partial charge in [0.25, 0.3) is 0 Å². The van der Waals surface area contributed by atoms with Gasteiger partial charge in [0.15, 0.2) is 11.6 Å². The number of benzene rings is 1. The lowest BCUT2D eigenvalue weighted by Crippen LogP contribution is -2.04. The average Bonchev–Trinajstić information content (AvgIpc) is 2.72. The van der Waals surface area contributed by atoms with Crippen molar-refractivity contribution in [3.63, 3.8) is 0 Å². The molecule has 0 radical (unpaired) electrons. The van der Waals surface area contributed by atoms with E-state index in [0.29, 0.717) is 23.3 Å². The van der Waals surface area contributed by atoms with Crippen molar-refractivity contribution in [2.45, 2.75) is 46.0 Å². The normalized spacial score (nSPS) is 12.0. The molecule has 1 atom stereocenters. The van der Waals surface area contributed by atoms with Crippen molar-refractivity contribution in [2.75, 3.05) is 6.61 Å². The summed E-state index contributed by atoms with van der Waals surface area (Å²) in [6.07, 6.45) is 9.99. The van der Waals surface area contributed by atoms with Crippen molar-refractivity contribution in [1.29, 1.82) is 0 Å². The SMILES string of the molecule is CCCCOc1cc(C(C)Cc2cnc(-c3ncccn3)nc2)cc(C)c1Cl. The Labute approximate surface area is 171 Å². The zero-order valence-corrected chi connectivity index (χ0v) is 17.3. The number of hydrogen-bond donors (Lipinski definition) is 0. The number of nitrogens with zero attached hydrogens (tertiary/aromatic N) is 4. The highest BCUT2D eigenvalue weighted by atomic mass is 35.5. The molecule has 3 aromatic rings. The molecule has 0 amide bonds. The molecule has 6 heteroatoms. The van der Waals surface area contributed by atoms with Crippen LogP contribution < -0.4 is 4.74 Å². The Morgan fingerprint density at radius 1 is 1.04 bits per heavy atom. The highest BCUT2D eigenvalue weighted by Crippen LogP contribution is 2.33. The number of unbranched alkanes of at least 4 members (excludes halogenated alkanes) is 1. The van der Waals surface area contributed by atoms with Crippen molar-refractivity contribution in [3.05, 3.63) is 64.7 Å². The van der Waals surface area contributed by atoms with E-state index in [1.54, 1.807) is 18.5 Å². The summed E-state index contributed by atoms with van der Waals surface area (Å²) < 4.78 is 5.89. The monoisotopic (exact) mass is 396 g/mol. The summed E-state index contributed by atoms with van der Waals surface area (Å²) in [5, 5.41) is 0.697. The third-order valence-electron chi connectivity index (χ3n) is 4.58. The number of halogens is 1. The maximum atomic E-state index is 6.43. The second kappa shape index (κ2) is 9.60. The van der Waals surface area contributed by atoms with Crippen LogP contribution in [-0.2, 0) is 6.42 Å². The summed E-state index contributed by atoms with van der Waals surface area (Å²) in [6, 6.07) is 5.96. The van der Waals surface area contributed by atoms with E-state index in [2.05, 4.69) is 45.9 Å². The first kappa shape index (κ1) is 20.2. The van der Waals surface area contributed by atoms with Crippen LogP contribution in [0.5, 0.6) is 5.75 Å². The van der Waals surface area contributed by atoms with Crippen LogP contribution in [-0.4, -0.2) is 26.5 Å². The topological polar surface area (TPSA) is 60.8 Å². The van der Waals surface area contributed by atoms with Gasteiger partial charge in [0.1, 0.15) is 5.75 Å². The summed E-state index contributed by atoms with van der Waals surface area (Å²) in [5.74, 6) is 2.12. The molecule has 0 aliphatic carbocycles. The molecule has 0 aliphatic rings. The van der Waals surface area contributed by atoms with Gasteiger partial charge in [-0.1, -0.05) is 37.9 Å². The molecule has 0 saturated carbocycles. The van der Waals surface area contributed by atoms with Crippen LogP contribution in [0.15, 0.2) is 43.0 Å². The van der Waals surface area contributed by atoms with E-state index in [4.69, 9.17) is 16.3 Å². The predicted octanol–water partition coefficient (Wildman–Crippen LogP) is 5.42. The van der Waals surface area contributed by atoms with Crippen LogP contribution in [0.2, 0.25) is 5.02 Å². The maximum Gasteiger partial charge on any atom is 0.197 e. The van der Waals surface area contributed by atoms with Crippen molar-refractivity contribution in [2.24, 2.45) is 0 Å². The Bertz CT molecular complexity index is 900. The van der Waals surface area contributed by atoms with Gasteiger partial charge in [-0.15, -0.1) is 0 Å². The molecule has 146 valence electrons. The Morgan fingerprint density at radius 3 is 2.39 bits per heavy atom. The molecule has 5 nitrogen and oxygen atoms in total. The van der Waals surface area contributed by atoms with Crippen molar-refractivity contribution >= 4 is 11.6 Å². The number of hydrogen-bond acceptors (Lipinski definition) is 5. The van der Waals surface area contributed by atoms with Crippen molar-refractivity contribution < 1.29 is 4.74 Å². The van der Waals surface area contributed by atoms with Gasteiger partial charge in [-0.25, -0.2) is 19.9 Å². The zero-order chi connectivity index (χ0) is 19.9. The van der Waals surface area contributed by atoms with E-state index in [0.717, 1.165) is 36.1 Å². The van der Waals surface area contributed by atoms with Gasteiger partial charge in [-0.3, -0.25) is 0 Å². The Hall–Kier alpha value is -2.53. The fourth-order valence-corrected chi connectivity index (χ4v) is 3.11. The van der Waals surface area contributed by atoms with Crippen LogP contribution in [0.4, 0.5) is 0 Å². The Morgan fingerprint density at radius 2 is 1.71 bits per heavy atom. The highest BCUT2D eigenvalue weighted by Gasteiger charge is 2.14. The number of aromatic nitrogens is 4. The van der Waals surface area contributed by atoms with Gasteiger partial charge in [0, 0.05) is 24.8 Å². The van der Waals surface area contributed by atoms with E-state index in [-0.39, 0.29) is 5.92 Å². The molecule has 3 rings (SSSR count). The van der Waals surface area contributed by atoms with Gasteiger partial charge in [0.05, 0.1) is 11.6 Å². The first-order valence-corrected chi connectivity index (χ1v) is 9.97. The van der Waals surface area contributed by atoms with Gasteiger partial charge in [0.2, 0.25) is 0 Å². The van der Waals surface area contributed by atoms with Crippen LogP contribution in [0.3, 0.4) is 0 Å². The van der Waals surface area contributed by atoms with Gasteiger partial charge < -0.3 is 4.74 Å². The molecular formula is C22H25ClN4O. The minimum Gasteiger partial charge on any atom is -0.492 e. The van der Waals surface area contributed by atoms with Gasteiger partial charge >= 0.3 is 0 Å². The van der Waals surface area contributed by atoms with Crippen LogP contribution in [0.25, 0.3) is 11.6 Å². The molecule has 2 aromatic heterocycles. The maximum absolute atomic E-state index is 6.43. The Balaban J connectivity index is 1.72. The number of ether oxygens (including phenoxy) is 1. The van der Waals surface area contributed by atoms with E-state index < -0.39 is 0 Å². The smallest absolute Gasteiger partial charge is 0.197 e. The van der Waals surface area contributed by atoms with E-state index in [1.165, 1.54) is 5.56 Å². The third kappa shape index (κ3) is 5.04. The molecule has 28 heavy (non-hydrogen) atoms.